The second kappa shape index (κ2) is 11.4. The van der Waals surface area contributed by atoms with E-state index in [9.17, 15) is 15.8 Å². The fraction of sp³-hybridized carbons (Fsp3) is 0. The topological polar surface area (TPSA) is 81.2 Å². The van der Waals surface area contributed by atoms with Gasteiger partial charge in [0.15, 0.2) is 0 Å². The maximum Gasteiger partial charge on any atom is 0.0998 e. The van der Waals surface area contributed by atoms with Gasteiger partial charge in [0.05, 0.1) is 62.7 Å². The lowest BCUT2D eigenvalue weighted by Gasteiger charge is -2.15. The van der Waals surface area contributed by atoms with Crippen molar-refractivity contribution in [2.24, 2.45) is 0 Å². The molecule has 2 aromatic heterocycles. The molecule has 0 bridgehead atoms. The Morgan fingerprint density at radius 2 is 1.02 bits per heavy atom. The van der Waals surface area contributed by atoms with Crippen LogP contribution in [0.1, 0.15) is 16.7 Å². The van der Waals surface area contributed by atoms with Crippen molar-refractivity contribution in [3.63, 3.8) is 0 Å². The second-order valence-corrected chi connectivity index (χ2v) is 12.3. The third kappa shape index (κ3) is 4.31. The first-order chi connectivity index (χ1) is 24.7. The molecule has 5 nitrogen and oxygen atoms in total. The number of nitriles is 3. The van der Waals surface area contributed by atoms with Crippen molar-refractivity contribution in [3.8, 4) is 51.8 Å². The van der Waals surface area contributed by atoms with Gasteiger partial charge in [-0.15, -0.1) is 0 Å². The molecule has 5 heteroatoms. The predicted octanol–water partition coefficient (Wildman–Crippen LogP) is 10.8. The first-order valence-corrected chi connectivity index (χ1v) is 16.3. The highest BCUT2D eigenvalue weighted by Gasteiger charge is 2.18. The maximum absolute atomic E-state index is 10.4. The first-order valence-electron chi connectivity index (χ1n) is 16.3. The summed E-state index contributed by atoms with van der Waals surface area (Å²) in [5, 5.41) is 33.9. The number of hydrogen-bond acceptors (Lipinski definition) is 3. The summed E-state index contributed by atoms with van der Waals surface area (Å²) < 4.78 is 4.40. The van der Waals surface area contributed by atoms with Crippen LogP contribution in [0.4, 0.5) is 0 Å². The van der Waals surface area contributed by atoms with Crippen LogP contribution in [-0.4, -0.2) is 9.13 Å². The standard InChI is InChI=1S/C45H25N5/c46-26-29-16-23-43-39(24-29)45-32(27-47)8-7-15-44(45)49(43)34-21-22-35(33(25-34)28-48)30-17-19-31(20-18-30)36-9-1-4-12-40(36)50-41-13-5-2-10-37(41)38-11-3-6-14-42(38)50/h1-25H. The van der Waals surface area contributed by atoms with Gasteiger partial charge in [0.2, 0.25) is 0 Å². The summed E-state index contributed by atoms with van der Waals surface area (Å²) >= 11 is 0. The molecule has 0 aliphatic heterocycles. The summed E-state index contributed by atoms with van der Waals surface area (Å²) in [5.41, 5.74) is 11.5. The van der Waals surface area contributed by atoms with E-state index in [1.807, 2.05) is 42.5 Å². The Hall–Kier alpha value is -7.39. The van der Waals surface area contributed by atoms with Crippen molar-refractivity contribution in [3.05, 3.63) is 168 Å². The zero-order valence-electron chi connectivity index (χ0n) is 26.7. The Labute approximate surface area is 287 Å². The minimum Gasteiger partial charge on any atom is -0.309 e. The molecule has 0 N–H and O–H groups in total. The minimum absolute atomic E-state index is 0.526. The first kappa shape index (κ1) is 28.8. The molecule has 2 heterocycles. The Kier molecular flexibility index (Phi) is 6.56. The van der Waals surface area contributed by atoms with E-state index in [0.717, 1.165) is 66.5 Å². The highest BCUT2D eigenvalue weighted by atomic mass is 15.0. The molecular formula is C45H25N5. The molecule has 0 radical (unpaired) electrons. The van der Waals surface area contributed by atoms with Crippen molar-refractivity contribution in [1.29, 1.82) is 15.8 Å². The van der Waals surface area contributed by atoms with Gasteiger partial charge in [0.25, 0.3) is 0 Å². The van der Waals surface area contributed by atoms with E-state index < -0.39 is 0 Å². The normalized spacial score (nSPS) is 11.1. The molecule has 9 rings (SSSR count). The molecule has 0 saturated carbocycles. The Morgan fingerprint density at radius 1 is 0.400 bits per heavy atom. The average Bonchev–Trinajstić information content (AvgIpc) is 3.70. The van der Waals surface area contributed by atoms with E-state index in [1.165, 1.54) is 10.8 Å². The minimum atomic E-state index is 0.526. The molecule has 0 saturated heterocycles. The Balaban J connectivity index is 1.14. The van der Waals surface area contributed by atoms with E-state index in [0.29, 0.717) is 16.7 Å². The van der Waals surface area contributed by atoms with Crippen molar-refractivity contribution < 1.29 is 0 Å². The lowest BCUT2D eigenvalue weighted by molar-refractivity contribution is 1.18. The van der Waals surface area contributed by atoms with Gasteiger partial charge < -0.3 is 9.13 Å². The fourth-order valence-corrected chi connectivity index (χ4v) is 7.45. The van der Waals surface area contributed by atoms with Crippen molar-refractivity contribution in [2.45, 2.75) is 0 Å². The molecular weight excluding hydrogens is 611 g/mol. The largest absolute Gasteiger partial charge is 0.309 e. The number of nitrogens with zero attached hydrogens (tertiary/aromatic N) is 5. The third-order valence-electron chi connectivity index (χ3n) is 9.65. The lowest BCUT2D eigenvalue weighted by atomic mass is 9.96. The van der Waals surface area contributed by atoms with E-state index >= 15 is 0 Å². The van der Waals surface area contributed by atoms with Gasteiger partial charge in [0.1, 0.15) is 0 Å². The number of hydrogen-bond donors (Lipinski definition) is 0. The van der Waals surface area contributed by atoms with E-state index in [1.54, 1.807) is 12.1 Å². The van der Waals surface area contributed by atoms with Crippen LogP contribution >= 0.6 is 0 Å². The molecule has 0 atom stereocenters. The number of aromatic nitrogens is 2. The molecule has 0 aliphatic carbocycles. The SMILES string of the molecule is N#Cc1ccc2c(c1)c1c(C#N)cccc1n2-c1ccc(-c2ccc(-c3ccccc3-n3c4ccccc4c4ccccc43)cc2)c(C#N)c1. The van der Waals surface area contributed by atoms with Crippen LogP contribution in [0.3, 0.4) is 0 Å². The van der Waals surface area contributed by atoms with Crippen molar-refractivity contribution in [1.82, 2.24) is 9.13 Å². The third-order valence-corrected chi connectivity index (χ3v) is 9.65. The highest BCUT2D eigenvalue weighted by Crippen LogP contribution is 2.38. The second-order valence-electron chi connectivity index (χ2n) is 12.3. The molecule has 0 amide bonds. The van der Waals surface area contributed by atoms with Crippen LogP contribution in [0, 0.1) is 34.0 Å². The van der Waals surface area contributed by atoms with Crippen LogP contribution in [0.5, 0.6) is 0 Å². The molecule has 0 fully saturated rings. The molecule has 9 aromatic rings. The van der Waals surface area contributed by atoms with Gasteiger partial charge in [-0.05, 0) is 77.4 Å². The molecule has 7 aromatic carbocycles. The summed E-state index contributed by atoms with van der Waals surface area (Å²) in [6, 6.07) is 58.0. The number of benzene rings is 7. The molecule has 0 aliphatic rings. The average molecular weight is 636 g/mol. The van der Waals surface area contributed by atoms with Crippen molar-refractivity contribution >= 4 is 43.6 Å². The van der Waals surface area contributed by atoms with Gasteiger partial charge >= 0.3 is 0 Å². The number of rotatable bonds is 4. The Morgan fingerprint density at radius 3 is 1.72 bits per heavy atom. The maximum atomic E-state index is 10.4. The van der Waals surface area contributed by atoms with Gasteiger partial charge in [-0.3, -0.25) is 0 Å². The molecule has 230 valence electrons. The Bertz CT molecular complexity index is 2900. The predicted molar refractivity (Wildman–Crippen MR) is 200 cm³/mol. The summed E-state index contributed by atoms with van der Waals surface area (Å²) in [5.74, 6) is 0. The van der Waals surface area contributed by atoms with E-state index in [4.69, 9.17) is 0 Å². The van der Waals surface area contributed by atoms with Gasteiger partial charge in [0, 0.05) is 32.8 Å². The summed E-state index contributed by atoms with van der Waals surface area (Å²) in [6.45, 7) is 0. The van der Waals surface area contributed by atoms with Crippen LogP contribution in [-0.2, 0) is 0 Å². The number of para-hydroxylation sites is 3. The van der Waals surface area contributed by atoms with Crippen LogP contribution < -0.4 is 0 Å². The molecule has 0 spiro atoms. The molecule has 50 heavy (non-hydrogen) atoms. The monoisotopic (exact) mass is 635 g/mol. The van der Waals surface area contributed by atoms with E-state index in [2.05, 4.69) is 124 Å². The van der Waals surface area contributed by atoms with Crippen LogP contribution in [0.2, 0.25) is 0 Å². The molecule has 0 unspecified atom stereocenters. The zero-order valence-corrected chi connectivity index (χ0v) is 26.7. The van der Waals surface area contributed by atoms with Crippen LogP contribution in [0.25, 0.3) is 77.2 Å². The highest BCUT2D eigenvalue weighted by molar-refractivity contribution is 6.12. The summed E-state index contributed by atoms with van der Waals surface area (Å²) in [4.78, 5) is 0. The van der Waals surface area contributed by atoms with Gasteiger partial charge in [-0.25, -0.2) is 0 Å². The summed E-state index contributed by atoms with van der Waals surface area (Å²) in [7, 11) is 0. The van der Waals surface area contributed by atoms with Gasteiger partial charge in [-0.2, -0.15) is 15.8 Å². The fourth-order valence-electron chi connectivity index (χ4n) is 7.45. The zero-order chi connectivity index (χ0) is 33.8. The smallest absolute Gasteiger partial charge is 0.0998 e. The number of fused-ring (bicyclic) bond motifs is 6. The van der Waals surface area contributed by atoms with E-state index in [-0.39, 0.29) is 0 Å². The quantitative estimate of drug-likeness (QED) is 0.193. The van der Waals surface area contributed by atoms with Gasteiger partial charge in [-0.1, -0.05) is 91.0 Å². The lowest BCUT2D eigenvalue weighted by Crippen LogP contribution is -1.97. The van der Waals surface area contributed by atoms with Crippen molar-refractivity contribution in [2.75, 3.05) is 0 Å². The summed E-state index contributed by atoms with van der Waals surface area (Å²) in [6.07, 6.45) is 0. The van der Waals surface area contributed by atoms with Crippen LogP contribution in [0.15, 0.2) is 152 Å².